The number of imidazole rings is 1. The lowest BCUT2D eigenvalue weighted by molar-refractivity contribution is -0.146. The van der Waals surface area contributed by atoms with Crippen molar-refractivity contribution in [1.82, 2.24) is 9.38 Å². The first-order valence-corrected chi connectivity index (χ1v) is 7.62. The zero-order chi connectivity index (χ0) is 17.9. The number of fused-ring (bicyclic) bond motifs is 1. The van der Waals surface area contributed by atoms with Crippen LogP contribution in [-0.4, -0.2) is 15.6 Å². The van der Waals surface area contributed by atoms with E-state index in [2.05, 4.69) is 18.8 Å². The van der Waals surface area contributed by atoms with Gasteiger partial charge < -0.3 is 4.40 Å². The molecule has 2 heterocycles. The average molecular weight is 350 g/mol. The molecule has 132 valence electrons. The van der Waals surface area contributed by atoms with Gasteiger partial charge in [-0.2, -0.15) is 26.3 Å². The molecule has 1 aliphatic rings. The van der Waals surface area contributed by atoms with Crippen molar-refractivity contribution in [1.29, 1.82) is 0 Å². The van der Waals surface area contributed by atoms with E-state index in [0.717, 1.165) is 16.4 Å². The normalized spacial score (nSPS) is 21.7. The van der Waals surface area contributed by atoms with E-state index >= 15 is 0 Å². The van der Waals surface area contributed by atoms with Gasteiger partial charge in [0.05, 0.1) is 12.1 Å². The molecule has 24 heavy (non-hydrogen) atoms. The van der Waals surface area contributed by atoms with Crippen LogP contribution in [0, 0.1) is 11.8 Å². The van der Waals surface area contributed by atoms with Crippen LogP contribution in [0.15, 0.2) is 18.3 Å². The van der Waals surface area contributed by atoms with Crippen LogP contribution >= 0.6 is 0 Å². The second kappa shape index (κ2) is 5.39. The van der Waals surface area contributed by atoms with Crippen LogP contribution in [0.4, 0.5) is 26.3 Å². The average Bonchev–Trinajstić information content (AvgIpc) is 3.14. The number of pyridine rings is 1. The van der Waals surface area contributed by atoms with Gasteiger partial charge in [0.1, 0.15) is 5.65 Å². The Morgan fingerprint density at radius 1 is 1.17 bits per heavy atom. The van der Waals surface area contributed by atoms with E-state index in [-0.39, 0.29) is 11.6 Å². The van der Waals surface area contributed by atoms with Gasteiger partial charge in [0.25, 0.3) is 0 Å². The van der Waals surface area contributed by atoms with Crippen LogP contribution in [0.2, 0.25) is 0 Å². The predicted molar refractivity (Wildman–Crippen MR) is 75.6 cm³/mol. The summed E-state index contributed by atoms with van der Waals surface area (Å²) in [5, 5.41) is 0. The molecule has 0 saturated heterocycles. The van der Waals surface area contributed by atoms with Crippen LogP contribution in [0.1, 0.15) is 43.1 Å². The van der Waals surface area contributed by atoms with Gasteiger partial charge in [-0.1, -0.05) is 19.9 Å². The zero-order valence-corrected chi connectivity index (χ0v) is 13.0. The van der Waals surface area contributed by atoms with Crippen LogP contribution in [0.5, 0.6) is 0 Å². The highest BCUT2D eigenvalue weighted by atomic mass is 19.4. The van der Waals surface area contributed by atoms with E-state index in [1.165, 1.54) is 12.3 Å². The topological polar surface area (TPSA) is 17.3 Å². The number of hydrogen-bond donors (Lipinski definition) is 0. The molecule has 0 amide bonds. The van der Waals surface area contributed by atoms with Gasteiger partial charge in [-0.25, -0.2) is 4.98 Å². The Morgan fingerprint density at radius 2 is 1.83 bits per heavy atom. The van der Waals surface area contributed by atoms with Crippen molar-refractivity contribution >= 4 is 5.65 Å². The third-order valence-electron chi connectivity index (χ3n) is 4.50. The molecule has 1 aliphatic carbocycles. The molecule has 3 rings (SSSR count). The summed E-state index contributed by atoms with van der Waals surface area (Å²) in [5.41, 5.74) is -1.68. The number of alkyl halides is 6. The first-order chi connectivity index (χ1) is 11.0. The molecule has 0 N–H and O–H groups in total. The lowest BCUT2D eigenvalue weighted by Gasteiger charge is -2.11. The van der Waals surface area contributed by atoms with Gasteiger partial charge in [0, 0.05) is 6.20 Å². The Hall–Kier alpha value is -1.73. The molecule has 0 spiro atoms. The quantitative estimate of drug-likeness (QED) is 0.694. The summed E-state index contributed by atoms with van der Waals surface area (Å²) in [6, 6.07) is 3.02. The molecule has 2 aromatic rings. The molecule has 2 atom stereocenters. The summed E-state index contributed by atoms with van der Waals surface area (Å²) >= 11 is 0. The predicted octanol–water partition coefficient (Wildman–Crippen LogP) is 5.22. The molecule has 0 aliphatic heterocycles. The van der Waals surface area contributed by atoms with E-state index in [1.807, 2.05) is 0 Å². The van der Waals surface area contributed by atoms with Crippen molar-refractivity contribution in [3.05, 3.63) is 35.3 Å². The second-order valence-electron chi connectivity index (χ2n) is 6.64. The monoisotopic (exact) mass is 350 g/mol. The summed E-state index contributed by atoms with van der Waals surface area (Å²) in [6.45, 7) is 4.11. The number of aromatic nitrogens is 2. The highest BCUT2D eigenvalue weighted by molar-refractivity contribution is 5.47. The van der Waals surface area contributed by atoms with Gasteiger partial charge in [-0.05, 0) is 35.8 Å². The Labute approximate surface area is 134 Å². The van der Waals surface area contributed by atoms with Gasteiger partial charge in [0.2, 0.25) is 0 Å². The maximum Gasteiger partial charge on any atom is 0.435 e. The molecule has 2 nitrogen and oxygen atoms in total. The third-order valence-corrected chi connectivity index (χ3v) is 4.50. The summed E-state index contributed by atoms with van der Waals surface area (Å²) in [5.74, 6) is 1.03. The number of hydrogen-bond acceptors (Lipinski definition) is 1. The van der Waals surface area contributed by atoms with Gasteiger partial charge in [-0.3, -0.25) is 0 Å². The van der Waals surface area contributed by atoms with Crippen LogP contribution in [-0.2, 0) is 12.6 Å². The van der Waals surface area contributed by atoms with Crippen molar-refractivity contribution in [2.24, 2.45) is 11.8 Å². The molecule has 8 heteroatoms. The van der Waals surface area contributed by atoms with Crippen molar-refractivity contribution in [3.8, 4) is 0 Å². The maximum atomic E-state index is 13.1. The van der Waals surface area contributed by atoms with Gasteiger partial charge >= 0.3 is 12.4 Å². The molecule has 1 fully saturated rings. The summed E-state index contributed by atoms with van der Waals surface area (Å²) < 4.78 is 78.4. The minimum atomic E-state index is -4.92. The summed E-state index contributed by atoms with van der Waals surface area (Å²) in [6.07, 6.45) is -9.05. The van der Waals surface area contributed by atoms with Crippen molar-refractivity contribution in [2.45, 2.75) is 45.0 Å². The Morgan fingerprint density at radius 3 is 2.33 bits per heavy atom. The fraction of sp³-hybridized carbons (Fsp3) is 0.562. The number of halogens is 6. The number of rotatable bonds is 3. The molecular weight excluding hydrogens is 334 g/mol. The molecule has 0 radical (unpaired) electrons. The van der Waals surface area contributed by atoms with E-state index in [9.17, 15) is 26.3 Å². The largest absolute Gasteiger partial charge is 0.435 e. The highest BCUT2D eigenvalue weighted by Crippen LogP contribution is 2.51. The standard InChI is InChI=1S/C16H16F6N2/c1-8(2)10-5-11(10)9-3-4-13-23-14(16(20,21)22)12(24(13)7-9)6-15(17,18)19/h3-4,7-8,10-11H,5-6H2,1-2H3/t10-,11-/m1/s1. The lowest BCUT2D eigenvalue weighted by atomic mass is 10.0. The summed E-state index contributed by atoms with van der Waals surface area (Å²) in [4.78, 5) is 3.38. The van der Waals surface area contributed by atoms with Crippen molar-refractivity contribution < 1.29 is 26.3 Å². The molecule has 1 saturated carbocycles. The first-order valence-electron chi connectivity index (χ1n) is 7.62. The van der Waals surface area contributed by atoms with E-state index in [4.69, 9.17) is 0 Å². The summed E-state index contributed by atoms with van der Waals surface area (Å²) in [7, 11) is 0. The molecular formula is C16H16F6N2. The second-order valence-corrected chi connectivity index (χ2v) is 6.64. The SMILES string of the molecule is CC(C)[C@H]1C[C@@H]1c1ccc2nc(C(F)(F)F)c(CC(F)(F)F)n2c1. The third kappa shape index (κ3) is 3.23. The van der Waals surface area contributed by atoms with E-state index in [0.29, 0.717) is 11.8 Å². The molecule has 0 bridgehead atoms. The van der Waals surface area contributed by atoms with E-state index < -0.39 is 30.2 Å². The fourth-order valence-electron chi connectivity index (χ4n) is 3.25. The zero-order valence-electron chi connectivity index (χ0n) is 13.0. The van der Waals surface area contributed by atoms with Gasteiger partial charge in [-0.15, -0.1) is 0 Å². The van der Waals surface area contributed by atoms with Crippen LogP contribution < -0.4 is 0 Å². The molecule has 2 aromatic heterocycles. The fourth-order valence-corrected chi connectivity index (χ4v) is 3.25. The minimum absolute atomic E-state index is 0.118. The Kier molecular flexibility index (Phi) is 3.84. The van der Waals surface area contributed by atoms with Gasteiger partial charge in [0.15, 0.2) is 5.69 Å². The Balaban J connectivity index is 2.09. The van der Waals surface area contributed by atoms with Crippen molar-refractivity contribution in [2.75, 3.05) is 0 Å². The maximum absolute atomic E-state index is 13.1. The van der Waals surface area contributed by atoms with Crippen LogP contribution in [0.25, 0.3) is 5.65 Å². The lowest BCUT2D eigenvalue weighted by Crippen LogP contribution is -2.18. The van der Waals surface area contributed by atoms with E-state index in [1.54, 1.807) is 6.07 Å². The molecule has 0 unspecified atom stereocenters. The number of nitrogens with zero attached hydrogens (tertiary/aromatic N) is 2. The molecule has 0 aromatic carbocycles. The first kappa shape index (κ1) is 17.1. The minimum Gasteiger partial charge on any atom is -0.303 e. The smallest absolute Gasteiger partial charge is 0.303 e. The van der Waals surface area contributed by atoms with Crippen molar-refractivity contribution in [3.63, 3.8) is 0 Å². The highest BCUT2D eigenvalue weighted by Gasteiger charge is 2.43. The van der Waals surface area contributed by atoms with Crippen LogP contribution in [0.3, 0.4) is 0 Å². The Bertz CT molecular complexity index is 756.